The van der Waals surface area contributed by atoms with E-state index in [4.69, 9.17) is 0 Å². The lowest BCUT2D eigenvalue weighted by molar-refractivity contribution is 0.165. The fourth-order valence-electron chi connectivity index (χ4n) is 3.64. The Morgan fingerprint density at radius 3 is 2.52 bits per heavy atom. The summed E-state index contributed by atoms with van der Waals surface area (Å²) in [5.41, 5.74) is 1.60. The Labute approximate surface area is 158 Å². The lowest BCUT2D eigenvalue weighted by Gasteiger charge is -2.26. The van der Waals surface area contributed by atoms with Gasteiger partial charge in [-0.15, -0.1) is 0 Å². The molecule has 5 nitrogen and oxygen atoms in total. The van der Waals surface area contributed by atoms with Crippen molar-refractivity contribution in [3.8, 4) is 5.75 Å². The molecular formula is C21H21NO4S. The van der Waals surface area contributed by atoms with E-state index in [0.717, 1.165) is 10.9 Å². The topological polar surface area (TPSA) is 77.8 Å². The lowest BCUT2D eigenvalue weighted by atomic mass is 9.98. The maximum Gasteiger partial charge on any atom is 0.264 e. The highest BCUT2D eigenvalue weighted by atomic mass is 32.2. The second-order valence-corrected chi connectivity index (χ2v) is 8.79. The van der Waals surface area contributed by atoms with Crippen molar-refractivity contribution in [1.29, 1.82) is 0 Å². The van der Waals surface area contributed by atoms with Crippen molar-refractivity contribution in [1.82, 2.24) is 0 Å². The Kier molecular flexibility index (Phi) is 4.32. The standard InChI is InChI=1S/C21H21NO4S/c1-14-8-10-16(11-9-14)27(25,26)22-12-4-7-19(23)20-18(22)13-15-5-2-3-6-17(15)21(20)24/h2-3,5-6,8-11,13,19,23-24H,4,7,12H2,1H3. The van der Waals surface area contributed by atoms with E-state index >= 15 is 0 Å². The molecule has 2 N–H and O–H groups in total. The van der Waals surface area contributed by atoms with E-state index in [1.54, 1.807) is 42.5 Å². The van der Waals surface area contributed by atoms with Crippen molar-refractivity contribution in [2.75, 3.05) is 10.8 Å². The van der Waals surface area contributed by atoms with Gasteiger partial charge < -0.3 is 10.2 Å². The maximum atomic E-state index is 13.3. The summed E-state index contributed by atoms with van der Waals surface area (Å²) in [5.74, 6) is -0.0541. The maximum absolute atomic E-state index is 13.3. The average molecular weight is 383 g/mol. The van der Waals surface area contributed by atoms with E-state index in [-0.39, 0.29) is 22.8 Å². The largest absolute Gasteiger partial charge is 0.507 e. The molecule has 140 valence electrons. The summed E-state index contributed by atoms with van der Waals surface area (Å²) in [5, 5.41) is 22.7. The molecule has 6 heteroatoms. The van der Waals surface area contributed by atoms with E-state index in [1.807, 2.05) is 19.1 Å². The number of aromatic hydroxyl groups is 1. The molecule has 0 amide bonds. The van der Waals surface area contributed by atoms with E-state index in [9.17, 15) is 18.6 Å². The summed E-state index contributed by atoms with van der Waals surface area (Å²) in [4.78, 5) is 0.197. The molecule has 3 aromatic carbocycles. The molecule has 1 aliphatic heterocycles. The molecule has 4 rings (SSSR count). The van der Waals surface area contributed by atoms with Crippen LogP contribution in [0.25, 0.3) is 10.8 Å². The molecule has 1 aliphatic rings. The minimum atomic E-state index is -3.81. The zero-order chi connectivity index (χ0) is 19.2. The van der Waals surface area contributed by atoms with Gasteiger partial charge in [0.05, 0.1) is 16.7 Å². The predicted molar refractivity (Wildman–Crippen MR) is 106 cm³/mol. The third-order valence-corrected chi connectivity index (χ3v) is 6.92. The Hall–Kier alpha value is -2.57. The van der Waals surface area contributed by atoms with Crippen molar-refractivity contribution in [2.24, 2.45) is 0 Å². The van der Waals surface area contributed by atoms with Crippen LogP contribution < -0.4 is 4.31 Å². The van der Waals surface area contributed by atoms with Gasteiger partial charge >= 0.3 is 0 Å². The molecule has 27 heavy (non-hydrogen) atoms. The number of benzene rings is 3. The highest BCUT2D eigenvalue weighted by Gasteiger charge is 2.33. The Bertz CT molecular complexity index is 1110. The smallest absolute Gasteiger partial charge is 0.264 e. The van der Waals surface area contributed by atoms with Gasteiger partial charge in [-0.1, -0.05) is 42.0 Å². The Balaban J connectivity index is 1.96. The molecule has 1 unspecified atom stereocenters. The minimum absolute atomic E-state index is 0.0541. The molecule has 0 fully saturated rings. The highest BCUT2D eigenvalue weighted by molar-refractivity contribution is 7.92. The summed E-state index contributed by atoms with van der Waals surface area (Å²) in [7, 11) is -3.81. The number of aliphatic hydroxyl groups is 1. The fraction of sp³-hybridized carbons (Fsp3) is 0.238. The van der Waals surface area contributed by atoms with Crippen molar-refractivity contribution in [3.05, 3.63) is 65.7 Å². The van der Waals surface area contributed by atoms with Crippen LogP contribution in [0.2, 0.25) is 0 Å². The third kappa shape index (κ3) is 2.95. The number of anilines is 1. The molecular weight excluding hydrogens is 362 g/mol. The minimum Gasteiger partial charge on any atom is -0.507 e. The molecule has 0 radical (unpaired) electrons. The number of phenols is 1. The molecule has 1 atom stereocenters. The molecule has 0 bridgehead atoms. The first kappa shape index (κ1) is 17.8. The number of phenolic OH excluding ortho intramolecular Hbond substituents is 1. The summed E-state index contributed by atoms with van der Waals surface area (Å²) in [6.45, 7) is 2.15. The number of aryl methyl sites for hydroxylation is 1. The zero-order valence-electron chi connectivity index (χ0n) is 15.0. The first-order chi connectivity index (χ1) is 12.9. The van der Waals surface area contributed by atoms with Crippen molar-refractivity contribution in [2.45, 2.75) is 30.8 Å². The Morgan fingerprint density at radius 2 is 1.78 bits per heavy atom. The molecule has 3 aromatic rings. The van der Waals surface area contributed by atoms with Crippen LogP contribution in [0.3, 0.4) is 0 Å². The second kappa shape index (κ2) is 6.55. The summed E-state index contributed by atoms with van der Waals surface area (Å²) in [6, 6.07) is 15.7. The van der Waals surface area contributed by atoms with Crippen LogP contribution in [-0.4, -0.2) is 25.2 Å². The van der Waals surface area contributed by atoms with Crippen molar-refractivity contribution in [3.63, 3.8) is 0 Å². The van der Waals surface area contributed by atoms with Gasteiger partial charge in [0.25, 0.3) is 10.0 Å². The van der Waals surface area contributed by atoms with E-state index in [2.05, 4.69) is 0 Å². The number of sulfonamides is 1. The normalized spacial score (nSPS) is 17.6. The van der Waals surface area contributed by atoms with Gasteiger partial charge in [-0.25, -0.2) is 8.42 Å². The predicted octanol–water partition coefficient (Wildman–Crippen LogP) is 3.88. The van der Waals surface area contributed by atoms with E-state index in [0.29, 0.717) is 23.9 Å². The van der Waals surface area contributed by atoms with Crippen LogP contribution >= 0.6 is 0 Å². The zero-order valence-corrected chi connectivity index (χ0v) is 15.8. The summed E-state index contributed by atoms with van der Waals surface area (Å²) in [6.07, 6.45) is -0.0296. The van der Waals surface area contributed by atoms with Crippen molar-refractivity contribution >= 4 is 26.5 Å². The van der Waals surface area contributed by atoms with E-state index in [1.165, 1.54) is 4.31 Å². The van der Waals surface area contributed by atoms with Gasteiger partial charge in [0.15, 0.2) is 0 Å². The van der Waals surface area contributed by atoms with Gasteiger partial charge in [-0.05, 0) is 43.4 Å². The number of fused-ring (bicyclic) bond motifs is 2. The second-order valence-electron chi connectivity index (χ2n) is 6.93. The third-order valence-electron chi connectivity index (χ3n) is 5.09. The van der Waals surface area contributed by atoms with Gasteiger partial charge in [0, 0.05) is 17.5 Å². The van der Waals surface area contributed by atoms with Crippen LogP contribution in [0.5, 0.6) is 5.75 Å². The highest BCUT2D eigenvalue weighted by Crippen LogP contribution is 2.44. The quantitative estimate of drug-likeness (QED) is 0.704. The van der Waals surface area contributed by atoms with Crippen LogP contribution in [0, 0.1) is 6.92 Å². The SMILES string of the molecule is Cc1ccc(S(=O)(=O)N2CCCC(O)c3c2cc2ccccc2c3O)cc1. The number of hydrogen-bond acceptors (Lipinski definition) is 4. The monoisotopic (exact) mass is 383 g/mol. The molecule has 0 saturated carbocycles. The average Bonchev–Trinajstić information content (AvgIpc) is 2.81. The number of nitrogens with zero attached hydrogens (tertiary/aromatic N) is 1. The van der Waals surface area contributed by atoms with Crippen LogP contribution in [-0.2, 0) is 10.0 Å². The number of hydrogen-bond donors (Lipinski definition) is 2. The van der Waals surface area contributed by atoms with Gasteiger partial charge in [0.2, 0.25) is 0 Å². The number of rotatable bonds is 2. The van der Waals surface area contributed by atoms with Crippen LogP contribution in [0.1, 0.15) is 30.1 Å². The molecule has 0 saturated heterocycles. The first-order valence-corrected chi connectivity index (χ1v) is 10.4. The van der Waals surface area contributed by atoms with Crippen molar-refractivity contribution < 1.29 is 18.6 Å². The van der Waals surface area contributed by atoms with Gasteiger partial charge in [-0.3, -0.25) is 4.31 Å². The molecule has 0 spiro atoms. The lowest BCUT2D eigenvalue weighted by Crippen LogP contribution is -2.32. The molecule has 0 aromatic heterocycles. The van der Waals surface area contributed by atoms with Gasteiger partial charge in [-0.2, -0.15) is 0 Å². The van der Waals surface area contributed by atoms with Crippen LogP contribution in [0.4, 0.5) is 5.69 Å². The summed E-state index contributed by atoms with van der Waals surface area (Å²) < 4.78 is 28.0. The summed E-state index contributed by atoms with van der Waals surface area (Å²) >= 11 is 0. The molecule has 1 heterocycles. The molecule has 0 aliphatic carbocycles. The van der Waals surface area contributed by atoms with Crippen LogP contribution in [0.15, 0.2) is 59.5 Å². The number of aliphatic hydroxyl groups excluding tert-OH is 1. The van der Waals surface area contributed by atoms with E-state index < -0.39 is 16.1 Å². The Morgan fingerprint density at radius 1 is 1.07 bits per heavy atom. The fourth-order valence-corrected chi connectivity index (χ4v) is 5.16. The van der Waals surface area contributed by atoms with Gasteiger partial charge in [0.1, 0.15) is 5.75 Å². The first-order valence-electron chi connectivity index (χ1n) is 8.91.